The first kappa shape index (κ1) is 12.3. The molecule has 0 aromatic carbocycles. The van der Waals surface area contributed by atoms with E-state index in [-0.39, 0.29) is 0 Å². The number of imidazole rings is 1. The Labute approximate surface area is 119 Å². The quantitative estimate of drug-likeness (QED) is 0.940. The van der Waals surface area contributed by atoms with E-state index in [1.165, 1.54) is 19.3 Å². The average Bonchev–Trinajstić information content (AvgIpc) is 2.97. The van der Waals surface area contributed by atoms with Crippen LogP contribution in [0.4, 0.5) is 5.82 Å². The van der Waals surface area contributed by atoms with Crippen LogP contribution in [0.15, 0.2) is 23.2 Å². The normalized spacial score (nSPS) is 23.7. The Morgan fingerprint density at radius 3 is 3.17 bits per heavy atom. The van der Waals surface area contributed by atoms with Gasteiger partial charge >= 0.3 is 0 Å². The summed E-state index contributed by atoms with van der Waals surface area (Å²) in [5.41, 5.74) is 0.894. The lowest BCUT2D eigenvalue weighted by Crippen LogP contribution is -2.17. The molecule has 0 aliphatic heterocycles. The number of anilines is 1. The molecule has 2 aromatic heterocycles. The van der Waals surface area contributed by atoms with Gasteiger partial charge in [-0.3, -0.25) is 0 Å². The van der Waals surface area contributed by atoms with Crippen molar-refractivity contribution in [2.45, 2.75) is 30.6 Å². The van der Waals surface area contributed by atoms with Gasteiger partial charge in [0.25, 0.3) is 0 Å². The maximum atomic E-state index is 4.50. The van der Waals surface area contributed by atoms with E-state index in [2.05, 4.69) is 37.5 Å². The predicted molar refractivity (Wildman–Crippen MR) is 79.3 cm³/mol. The minimum absolute atomic E-state index is 0.518. The molecule has 1 aliphatic carbocycles. The second-order valence-corrected chi connectivity index (χ2v) is 6.53. The molecular formula is C12H15BrN4S. The van der Waals surface area contributed by atoms with Gasteiger partial charge in [-0.25, -0.2) is 9.97 Å². The molecule has 0 bridgehead atoms. The number of thioether (sulfide) groups is 1. The maximum Gasteiger partial charge on any atom is 0.180 e. The number of nitrogens with zero attached hydrogens (tertiary/aromatic N) is 3. The lowest BCUT2D eigenvalue weighted by Gasteiger charge is -2.14. The molecule has 1 N–H and O–H groups in total. The molecule has 2 heterocycles. The van der Waals surface area contributed by atoms with Crippen molar-refractivity contribution in [1.82, 2.24) is 14.4 Å². The van der Waals surface area contributed by atoms with Gasteiger partial charge < -0.3 is 9.72 Å². The van der Waals surface area contributed by atoms with Crippen LogP contribution in [0.2, 0.25) is 0 Å². The van der Waals surface area contributed by atoms with Crippen molar-refractivity contribution in [3.05, 3.63) is 23.2 Å². The molecule has 2 unspecified atom stereocenters. The van der Waals surface area contributed by atoms with Crippen LogP contribution in [0, 0.1) is 0 Å². The van der Waals surface area contributed by atoms with E-state index in [0.29, 0.717) is 6.04 Å². The fourth-order valence-corrected chi connectivity index (χ4v) is 3.67. The van der Waals surface area contributed by atoms with Crippen LogP contribution in [0.25, 0.3) is 5.65 Å². The van der Waals surface area contributed by atoms with Crippen molar-refractivity contribution in [3.63, 3.8) is 0 Å². The second kappa shape index (κ2) is 5.09. The molecule has 18 heavy (non-hydrogen) atoms. The summed E-state index contributed by atoms with van der Waals surface area (Å²) < 4.78 is 2.82. The summed E-state index contributed by atoms with van der Waals surface area (Å²) in [6.45, 7) is 0. The third-order valence-corrected chi connectivity index (χ3v) is 4.88. The van der Waals surface area contributed by atoms with Crippen LogP contribution < -0.4 is 5.32 Å². The Morgan fingerprint density at radius 1 is 1.50 bits per heavy atom. The van der Waals surface area contributed by atoms with Gasteiger partial charge in [0.05, 0.1) is 0 Å². The van der Waals surface area contributed by atoms with E-state index in [9.17, 15) is 0 Å². The number of aromatic nitrogens is 3. The van der Waals surface area contributed by atoms with E-state index >= 15 is 0 Å². The number of hydrogen-bond acceptors (Lipinski definition) is 4. The van der Waals surface area contributed by atoms with E-state index in [0.717, 1.165) is 21.3 Å². The molecule has 0 saturated heterocycles. The first-order valence-corrected chi connectivity index (χ1v) is 8.13. The SMILES string of the molecule is CSC1CCC(Nc2nc(Br)cn3ccnc23)C1. The van der Waals surface area contributed by atoms with Crippen LogP contribution in [0.3, 0.4) is 0 Å². The predicted octanol–water partition coefficient (Wildman–Crippen LogP) is 3.19. The summed E-state index contributed by atoms with van der Waals surface area (Å²) in [5, 5.41) is 4.32. The molecule has 4 nitrogen and oxygen atoms in total. The van der Waals surface area contributed by atoms with Gasteiger partial charge in [-0.15, -0.1) is 0 Å². The third-order valence-electron chi connectivity index (χ3n) is 3.40. The lowest BCUT2D eigenvalue weighted by molar-refractivity contribution is 0.751. The molecule has 1 saturated carbocycles. The highest BCUT2D eigenvalue weighted by Gasteiger charge is 2.24. The fraction of sp³-hybridized carbons (Fsp3) is 0.500. The molecule has 1 aliphatic rings. The molecule has 0 radical (unpaired) electrons. The van der Waals surface area contributed by atoms with Gasteiger partial charge in [0.15, 0.2) is 11.5 Å². The Balaban J connectivity index is 1.84. The zero-order valence-corrected chi connectivity index (χ0v) is 12.5. The van der Waals surface area contributed by atoms with Crippen LogP contribution in [0.5, 0.6) is 0 Å². The van der Waals surface area contributed by atoms with E-state index in [1.807, 2.05) is 28.6 Å². The summed E-state index contributed by atoms with van der Waals surface area (Å²) in [7, 11) is 0. The molecule has 0 amide bonds. The molecule has 96 valence electrons. The van der Waals surface area contributed by atoms with Crippen molar-refractivity contribution in [2.75, 3.05) is 11.6 Å². The molecule has 2 aromatic rings. The van der Waals surface area contributed by atoms with E-state index in [1.54, 1.807) is 6.20 Å². The molecule has 6 heteroatoms. The number of hydrogen-bond donors (Lipinski definition) is 1. The summed E-state index contributed by atoms with van der Waals surface area (Å²) >= 11 is 5.40. The van der Waals surface area contributed by atoms with Crippen LogP contribution >= 0.6 is 27.7 Å². The van der Waals surface area contributed by atoms with Gasteiger partial charge in [0.2, 0.25) is 0 Å². The summed E-state index contributed by atoms with van der Waals surface area (Å²) in [6.07, 6.45) is 11.6. The molecule has 0 spiro atoms. The van der Waals surface area contributed by atoms with Crippen molar-refractivity contribution in [2.24, 2.45) is 0 Å². The van der Waals surface area contributed by atoms with Crippen LogP contribution in [-0.2, 0) is 0 Å². The highest BCUT2D eigenvalue weighted by Crippen LogP contribution is 2.30. The zero-order valence-electron chi connectivity index (χ0n) is 10.1. The van der Waals surface area contributed by atoms with Crippen molar-refractivity contribution in [3.8, 4) is 0 Å². The summed E-state index contributed by atoms with van der Waals surface area (Å²) in [5.74, 6) is 0.876. The van der Waals surface area contributed by atoms with Crippen LogP contribution in [0.1, 0.15) is 19.3 Å². The van der Waals surface area contributed by atoms with Crippen molar-refractivity contribution >= 4 is 39.2 Å². The van der Waals surface area contributed by atoms with Gasteiger partial charge in [0.1, 0.15) is 4.60 Å². The van der Waals surface area contributed by atoms with Gasteiger partial charge in [-0.05, 0) is 41.4 Å². The number of rotatable bonds is 3. The average molecular weight is 327 g/mol. The minimum Gasteiger partial charge on any atom is -0.364 e. The topological polar surface area (TPSA) is 42.2 Å². The maximum absolute atomic E-state index is 4.50. The van der Waals surface area contributed by atoms with E-state index < -0.39 is 0 Å². The Bertz CT molecular complexity index is 556. The molecule has 3 rings (SSSR count). The number of halogens is 1. The number of nitrogens with one attached hydrogen (secondary N) is 1. The highest BCUT2D eigenvalue weighted by molar-refractivity contribution is 9.10. The van der Waals surface area contributed by atoms with Gasteiger partial charge in [-0.1, -0.05) is 0 Å². The summed E-state index contributed by atoms with van der Waals surface area (Å²) in [6, 6.07) is 0.518. The van der Waals surface area contributed by atoms with Crippen molar-refractivity contribution < 1.29 is 0 Å². The largest absolute Gasteiger partial charge is 0.364 e. The first-order chi connectivity index (χ1) is 8.76. The standard InChI is InChI=1S/C12H15BrN4S/c1-18-9-3-2-8(6-9)15-11-12-14-4-5-17(12)7-10(13)16-11/h4-5,7-9H,2-3,6H2,1H3,(H,15,16). The number of fused-ring (bicyclic) bond motifs is 1. The Morgan fingerprint density at radius 2 is 2.39 bits per heavy atom. The smallest absolute Gasteiger partial charge is 0.180 e. The van der Waals surface area contributed by atoms with Crippen molar-refractivity contribution in [1.29, 1.82) is 0 Å². The fourth-order valence-electron chi connectivity index (χ4n) is 2.48. The van der Waals surface area contributed by atoms with E-state index in [4.69, 9.17) is 0 Å². The third kappa shape index (κ3) is 2.36. The van der Waals surface area contributed by atoms with Gasteiger partial charge in [-0.2, -0.15) is 11.8 Å². The zero-order chi connectivity index (χ0) is 12.5. The Kier molecular flexibility index (Phi) is 3.48. The van der Waals surface area contributed by atoms with Gasteiger partial charge in [0, 0.05) is 29.9 Å². The molecule has 2 atom stereocenters. The monoisotopic (exact) mass is 326 g/mol. The van der Waals surface area contributed by atoms with Crippen LogP contribution in [-0.4, -0.2) is 31.9 Å². The second-order valence-electron chi connectivity index (χ2n) is 4.58. The molecular weight excluding hydrogens is 312 g/mol. The minimum atomic E-state index is 0.518. The lowest BCUT2D eigenvalue weighted by atomic mass is 10.2. The first-order valence-electron chi connectivity index (χ1n) is 6.05. The summed E-state index contributed by atoms with van der Waals surface area (Å²) in [4.78, 5) is 8.86. The molecule has 1 fully saturated rings. The highest BCUT2D eigenvalue weighted by atomic mass is 79.9. The Hall–Kier alpha value is -0.750.